The molecule has 0 saturated heterocycles. The molecule has 0 bridgehead atoms. The van der Waals surface area contributed by atoms with Crippen LogP contribution in [0.1, 0.15) is 15.9 Å². The van der Waals surface area contributed by atoms with Crippen LogP contribution in [-0.4, -0.2) is 12.4 Å². The molecule has 3 aromatic carbocycles. The van der Waals surface area contributed by atoms with Crippen LogP contribution in [0.2, 0.25) is 15.1 Å². The molecule has 0 radical (unpaired) electrons. The first-order valence-electron chi connectivity index (χ1n) is 9.28. The molecule has 1 heterocycles. The highest BCUT2D eigenvalue weighted by Gasteiger charge is 2.20. The third-order valence-corrected chi connectivity index (χ3v) is 5.49. The van der Waals surface area contributed by atoms with Gasteiger partial charge in [-0.3, -0.25) is 9.59 Å². The molecule has 0 aliphatic rings. The van der Waals surface area contributed by atoms with Crippen molar-refractivity contribution < 1.29 is 13.9 Å². The van der Waals surface area contributed by atoms with Crippen molar-refractivity contribution in [3.05, 3.63) is 97.1 Å². The number of fused-ring (bicyclic) bond motifs is 1. The van der Waals surface area contributed by atoms with E-state index in [1.165, 1.54) is 12.1 Å². The number of Topliss-reactive ketones (excluding diaryl/α,β-unsaturated/α-hetero) is 1. The van der Waals surface area contributed by atoms with Crippen molar-refractivity contribution in [2.45, 2.75) is 6.92 Å². The summed E-state index contributed by atoms with van der Waals surface area (Å²) < 4.78 is 11.7. The number of benzene rings is 3. The summed E-state index contributed by atoms with van der Waals surface area (Å²) in [4.78, 5) is 25.9. The maximum atomic E-state index is 13.2. The Kier molecular flexibility index (Phi) is 6.05. The van der Waals surface area contributed by atoms with Gasteiger partial charge >= 0.3 is 0 Å². The lowest BCUT2D eigenvalue weighted by molar-refractivity contribution is 0.0920. The summed E-state index contributed by atoms with van der Waals surface area (Å²) in [6.07, 6.45) is 0. The van der Waals surface area contributed by atoms with Crippen LogP contribution in [0.3, 0.4) is 0 Å². The zero-order chi connectivity index (χ0) is 22.1. The molecule has 0 aliphatic heterocycles. The standard InChI is InChI=1S/C24H15Cl3O4/c1-13-2-8-18-21(10-13)31-23(14-3-5-15(25)6-4-14)24(22(18)29)30-12-20(28)17-9-7-16(26)11-19(17)27/h2-11H,12H2,1H3. The van der Waals surface area contributed by atoms with Crippen molar-refractivity contribution in [2.75, 3.05) is 6.61 Å². The van der Waals surface area contributed by atoms with Crippen LogP contribution in [0.15, 0.2) is 69.9 Å². The van der Waals surface area contributed by atoms with Crippen LogP contribution in [0.4, 0.5) is 0 Å². The van der Waals surface area contributed by atoms with Crippen molar-refractivity contribution in [3.8, 4) is 17.1 Å². The first kappa shape index (κ1) is 21.4. The normalized spacial score (nSPS) is 11.0. The number of aryl methyl sites for hydroxylation is 1. The van der Waals surface area contributed by atoms with E-state index in [-0.39, 0.29) is 27.5 Å². The minimum Gasteiger partial charge on any atom is -0.478 e. The summed E-state index contributed by atoms with van der Waals surface area (Å²) in [6.45, 7) is 1.50. The van der Waals surface area contributed by atoms with Gasteiger partial charge in [0.15, 0.2) is 12.4 Å². The largest absolute Gasteiger partial charge is 0.478 e. The highest BCUT2D eigenvalue weighted by molar-refractivity contribution is 6.36. The fourth-order valence-corrected chi connectivity index (χ4v) is 3.78. The fourth-order valence-electron chi connectivity index (χ4n) is 3.14. The number of carbonyl (C=O) groups is 1. The summed E-state index contributed by atoms with van der Waals surface area (Å²) >= 11 is 18.0. The number of hydrogen-bond donors (Lipinski definition) is 0. The van der Waals surface area contributed by atoms with Crippen molar-refractivity contribution >= 4 is 51.6 Å². The quantitative estimate of drug-likeness (QED) is 0.293. The number of ketones is 1. The summed E-state index contributed by atoms with van der Waals surface area (Å²) in [5, 5.41) is 1.52. The predicted octanol–water partition coefficient (Wildman–Crippen LogP) is 6.99. The van der Waals surface area contributed by atoms with E-state index in [4.69, 9.17) is 44.0 Å². The van der Waals surface area contributed by atoms with Gasteiger partial charge in [0.05, 0.1) is 10.4 Å². The van der Waals surface area contributed by atoms with Crippen LogP contribution < -0.4 is 10.2 Å². The van der Waals surface area contributed by atoms with E-state index in [1.807, 2.05) is 13.0 Å². The first-order valence-corrected chi connectivity index (χ1v) is 10.4. The molecule has 0 atom stereocenters. The van der Waals surface area contributed by atoms with Crippen molar-refractivity contribution in [2.24, 2.45) is 0 Å². The van der Waals surface area contributed by atoms with Gasteiger partial charge in [-0.25, -0.2) is 0 Å². The number of ether oxygens (including phenoxy) is 1. The average Bonchev–Trinajstić information content (AvgIpc) is 2.73. The molecule has 0 N–H and O–H groups in total. The Hall–Kier alpha value is -2.79. The lowest BCUT2D eigenvalue weighted by Gasteiger charge is -2.12. The minimum atomic E-state index is -0.399. The lowest BCUT2D eigenvalue weighted by Crippen LogP contribution is -2.17. The smallest absolute Gasteiger partial charge is 0.235 e. The number of hydrogen-bond acceptors (Lipinski definition) is 4. The Morgan fingerprint density at radius 3 is 2.35 bits per heavy atom. The van der Waals surface area contributed by atoms with Gasteiger partial charge in [-0.1, -0.05) is 40.9 Å². The highest BCUT2D eigenvalue weighted by atomic mass is 35.5. The summed E-state index contributed by atoms with van der Waals surface area (Å²) in [7, 11) is 0. The van der Waals surface area contributed by atoms with Gasteiger partial charge in [-0.05, 0) is 67.1 Å². The Bertz CT molecular complexity index is 1360. The van der Waals surface area contributed by atoms with Crippen LogP contribution in [0.5, 0.6) is 5.75 Å². The van der Waals surface area contributed by atoms with Crippen molar-refractivity contribution in [1.29, 1.82) is 0 Å². The molecule has 0 saturated carbocycles. The molecule has 0 amide bonds. The molecule has 4 aromatic rings. The van der Waals surface area contributed by atoms with E-state index in [0.29, 0.717) is 26.6 Å². The average molecular weight is 474 g/mol. The third-order valence-electron chi connectivity index (χ3n) is 4.69. The molecule has 7 heteroatoms. The minimum absolute atomic E-state index is 0.0582. The van der Waals surface area contributed by atoms with Gasteiger partial charge < -0.3 is 9.15 Å². The van der Waals surface area contributed by atoms with Crippen LogP contribution in [0, 0.1) is 6.92 Å². The maximum absolute atomic E-state index is 13.2. The molecule has 156 valence electrons. The van der Waals surface area contributed by atoms with E-state index in [9.17, 15) is 9.59 Å². The number of rotatable bonds is 5. The van der Waals surface area contributed by atoms with E-state index in [2.05, 4.69) is 0 Å². The van der Waals surface area contributed by atoms with Gasteiger partial charge in [0.2, 0.25) is 17.0 Å². The second-order valence-electron chi connectivity index (χ2n) is 6.93. The topological polar surface area (TPSA) is 56.5 Å². The van der Waals surface area contributed by atoms with E-state index in [0.717, 1.165) is 5.56 Å². The molecule has 31 heavy (non-hydrogen) atoms. The Balaban J connectivity index is 1.78. The van der Waals surface area contributed by atoms with Crippen LogP contribution >= 0.6 is 34.8 Å². The monoisotopic (exact) mass is 472 g/mol. The molecule has 4 rings (SSSR count). The fraction of sp³-hybridized carbons (Fsp3) is 0.0833. The zero-order valence-corrected chi connectivity index (χ0v) is 18.5. The summed E-state index contributed by atoms with van der Waals surface area (Å²) in [5.74, 6) is -0.237. The Labute approximate surface area is 192 Å². The lowest BCUT2D eigenvalue weighted by atomic mass is 10.1. The third kappa shape index (κ3) is 4.47. The predicted molar refractivity (Wildman–Crippen MR) is 124 cm³/mol. The Morgan fingerprint density at radius 2 is 1.65 bits per heavy atom. The summed E-state index contributed by atoms with van der Waals surface area (Å²) in [6, 6.07) is 16.6. The van der Waals surface area contributed by atoms with Gasteiger partial charge in [0.25, 0.3) is 0 Å². The molecular weight excluding hydrogens is 459 g/mol. The molecule has 0 spiro atoms. The highest BCUT2D eigenvalue weighted by Crippen LogP contribution is 2.32. The van der Waals surface area contributed by atoms with Gasteiger partial charge in [-0.2, -0.15) is 0 Å². The molecule has 1 aromatic heterocycles. The van der Waals surface area contributed by atoms with Gasteiger partial charge in [0.1, 0.15) is 5.58 Å². The SMILES string of the molecule is Cc1ccc2c(=O)c(OCC(=O)c3ccc(Cl)cc3Cl)c(-c3ccc(Cl)cc3)oc2c1. The van der Waals surface area contributed by atoms with Crippen molar-refractivity contribution in [1.82, 2.24) is 0 Å². The maximum Gasteiger partial charge on any atom is 0.235 e. The van der Waals surface area contributed by atoms with E-state index in [1.54, 1.807) is 42.5 Å². The Morgan fingerprint density at radius 1 is 0.935 bits per heavy atom. The molecule has 0 unspecified atom stereocenters. The van der Waals surface area contributed by atoms with Gasteiger partial charge in [-0.15, -0.1) is 0 Å². The molecule has 4 nitrogen and oxygen atoms in total. The van der Waals surface area contributed by atoms with Crippen LogP contribution in [-0.2, 0) is 0 Å². The molecular formula is C24H15Cl3O4. The second-order valence-corrected chi connectivity index (χ2v) is 8.21. The van der Waals surface area contributed by atoms with E-state index >= 15 is 0 Å². The van der Waals surface area contributed by atoms with E-state index < -0.39 is 12.4 Å². The number of carbonyl (C=O) groups excluding carboxylic acids is 1. The van der Waals surface area contributed by atoms with Crippen LogP contribution in [0.25, 0.3) is 22.3 Å². The zero-order valence-electron chi connectivity index (χ0n) is 16.2. The second kappa shape index (κ2) is 8.75. The molecule has 0 aliphatic carbocycles. The number of halogens is 3. The summed E-state index contributed by atoms with van der Waals surface area (Å²) in [5.41, 5.74) is 1.84. The van der Waals surface area contributed by atoms with Crippen molar-refractivity contribution in [3.63, 3.8) is 0 Å². The van der Waals surface area contributed by atoms with Gasteiger partial charge in [0, 0.05) is 21.2 Å². The first-order chi connectivity index (χ1) is 14.8. The molecule has 0 fully saturated rings.